The third kappa shape index (κ3) is 3.95. The number of hydrogen-bond donors (Lipinski definition) is 2. The highest BCUT2D eigenvalue weighted by molar-refractivity contribution is 5.93. The Kier molecular flexibility index (Phi) is 4.99. The van der Waals surface area contributed by atoms with E-state index in [0.717, 1.165) is 31.4 Å². The number of aromatic amines is 1. The van der Waals surface area contributed by atoms with Gasteiger partial charge in [-0.25, -0.2) is 0 Å². The van der Waals surface area contributed by atoms with Crippen molar-refractivity contribution in [1.29, 1.82) is 0 Å². The Hall–Kier alpha value is -1.58. The molecule has 2 rings (SSSR count). The van der Waals surface area contributed by atoms with E-state index in [1.807, 2.05) is 13.0 Å². The Balaban J connectivity index is 1.93. The van der Waals surface area contributed by atoms with Gasteiger partial charge in [0.25, 0.3) is 11.5 Å². The van der Waals surface area contributed by atoms with Crippen LogP contribution in [0, 0.1) is 0 Å². The molecule has 4 nitrogen and oxygen atoms in total. The van der Waals surface area contributed by atoms with Crippen molar-refractivity contribution < 1.29 is 4.79 Å². The van der Waals surface area contributed by atoms with Gasteiger partial charge in [0.15, 0.2) is 0 Å². The van der Waals surface area contributed by atoms with Crippen molar-refractivity contribution in [3.8, 4) is 0 Å². The first-order chi connectivity index (χ1) is 9.61. The number of rotatable bonds is 7. The second-order valence-corrected chi connectivity index (χ2v) is 5.80. The minimum absolute atomic E-state index is 0.108. The largest absolute Gasteiger partial charge is 0.349 e. The van der Waals surface area contributed by atoms with Gasteiger partial charge in [-0.2, -0.15) is 0 Å². The van der Waals surface area contributed by atoms with Crippen LogP contribution in [0.5, 0.6) is 0 Å². The zero-order valence-corrected chi connectivity index (χ0v) is 12.4. The standard InChI is InChI=1S/C16H24N2O2/c1-3-4-5-6-11(2)17-15(19)13-9-10-14(12-7-8-12)18-16(13)20/h9-12H,3-8H2,1-2H3,(H,17,19)(H,18,20)/t11-/m1/s1. The Morgan fingerprint density at radius 2 is 2.15 bits per heavy atom. The molecule has 20 heavy (non-hydrogen) atoms. The van der Waals surface area contributed by atoms with Gasteiger partial charge in [0.1, 0.15) is 5.56 Å². The maximum absolute atomic E-state index is 12.1. The van der Waals surface area contributed by atoms with Crippen molar-refractivity contribution >= 4 is 5.91 Å². The van der Waals surface area contributed by atoms with Crippen LogP contribution in [0.15, 0.2) is 16.9 Å². The second kappa shape index (κ2) is 6.73. The smallest absolute Gasteiger partial charge is 0.261 e. The molecule has 0 spiro atoms. The first-order valence-electron chi connectivity index (χ1n) is 7.66. The van der Waals surface area contributed by atoms with E-state index in [1.54, 1.807) is 6.07 Å². The summed E-state index contributed by atoms with van der Waals surface area (Å²) >= 11 is 0. The number of carbonyl (C=O) groups excluding carboxylic acids is 1. The van der Waals surface area contributed by atoms with Crippen LogP contribution in [0.25, 0.3) is 0 Å². The van der Waals surface area contributed by atoms with Crippen molar-refractivity contribution in [2.45, 2.75) is 64.3 Å². The van der Waals surface area contributed by atoms with E-state index in [1.165, 1.54) is 12.8 Å². The highest BCUT2D eigenvalue weighted by Gasteiger charge is 2.25. The molecule has 1 aromatic heterocycles. The van der Waals surface area contributed by atoms with Crippen LogP contribution in [0.1, 0.15) is 74.3 Å². The fraction of sp³-hybridized carbons (Fsp3) is 0.625. The molecule has 0 bridgehead atoms. The monoisotopic (exact) mass is 276 g/mol. The van der Waals surface area contributed by atoms with E-state index in [9.17, 15) is 9.59 Å². The summed E-state index contributed by atoms with van der Waals surface area (Å²) in [5.74, 6) is 0.227. The maximum atomic E-state index is 12.1. The molecule has 4 heteroatoms. The minimum atomic E-state index is -0.271. The molecule has 1 atom stereocenters. The first kappa shape index (κ1) is 14.8. The molecule has 1 aromatic rings. The molecule has 1 aliphatic rings. The average molecular weight is 276 g/mol. The zero-order chi connectivity index (χ0) is 14.5. The predicted octanol–water partition coefficient (Wildman–Crippen LogP) is 2.95. The number of H-pyrrole nitrogens is 1. The molecule has 0 unspecified atom stereocenters. The Labute approximate surface area is 120 Å². The molecule has 0 saturated heterocycles. The van der Waals surface area contributed by atoms with Crippen LogP contribution >= 0.6 is 0 Å². The lowest BCUT2D eigenvalue weighted by molar-refractivity contribution is 0.0936. The number of aromatic nitrogens is 1. The van der Waals surface area contributed by atoms with E-state index in [4.69, 9.17) is 0 Å². The minimum Gasteiger partial charge on any atom is -0.349 e. The number of carbonyl (C=O) groups is 1. The van der Waals surface area contributed by atoms with Crippen LogP contribution in [0.2, 0.25) is 0 Å². The van der Waals surface area contributed by atoms with Crippen LogP contribution in [0.4, 0.5) is 0 Å². The Morgan fingerprint density at radius 3 is 2.75 bits per heavy atom. The van der Waals surface area contributed by atoms with E-state index in [0.29, 0.717) is 5.92 Å². The van der Waals surface area contributed by atoms with Crippen LogP contribution in [0.3, 0.4) is 0 Å². The molecule has 1 fully saturated rings. The highest BCUT2D eigenvalue weighted by atomic mass is 16.2. The molecule has 1 saturated carbocycles. The summed E-state index contributed by atoms with van der Waals surface area (Å²) < 4.78 is 0. The molecule has 1 amide bonds. The van der Waals surface area contributed by atoms with E-state index in [-0.39, 0.29) is 23.1 Å². The van der Waals surface area contributed by atoms with Crippen LogP contribution < -0.4 is 10.9 Å². The van der Waals surface area contributed by atoms with Crippen LogP contribution in [-0.4, -0.2) is 16.9 Å². The summed E-state index contributed by atoms with van der Waals surface area (Å²) in [7, 11) is 0. The summed E-state index contributed by atoms with van der Waals surface area (Å²) in [6.07, 6.45) is 6.68. The van der Waals surface area contributed by atoms with Gasteiger partial charge >= 0.3 is 0 Å². The molecule has 2 N–H and O–H groups in total. The lowest BCUT2D eigenvalue weighted by Crippen LogP contribution is -2.36. The van der Waals surface area contributed by atoms with Gasteiger partial charge in [0, 0.05) is 11.7 Å². The SMILES string of the molecule is CCCCC[C@@H](C)NC(=O)c1ccc(C2CC2)[nH]c1=O. The molecule has 1 heterocycles. The maximum Gasteiger partial charge on any atom is 0.261 e. The van der Waals surface area contributed by atoms with E-state index in [2.05, 4.69) is 17.2 Å². The fourth-order valence-electron chi connectivity index (χ4n) is 2.37. The molecular formula is C16H24N2O2. The third-order valence-corrected chi connectivity index (χ3v) is 3.81. The van der Waals surface area contributed by atoms with Crippen molar-refractivity contribution in [3.05, 3.63) is 33.7 Å². The molecule has 0 aliphatic heterocycles. The summed E-state index contributed by atoms with van der Waals surface area (Å²) in [6, 6.07) is 3.63. The molecule has 0 radical (unpaired) electrons. The van der Waals surface area contributed by atoms with Crippen molar-refractivity contribution in [2.24, 2.45) is 0 Å². The van der Waals surface area contributed by atoms with E-state index < -0.39 is 0 Å². The summed E-state index contributed by atoms with van der Waals surface area (Å²) in [6.45, 7) is 4.14. The van der Waals surface area contributed by atoms with Gasteiger partial charge in [-0.15, -0.1) is 0 Å². The summed E-state index contributed by atoms with van der Waals surface area (Å²) in [5, 5.41) is 2.90. The number of unbranched alkanes of at least 4 members (excludes halogenated alkanes) is 2. The Morgan fingerprint density at radius 1 is 1.40 bits per heavy atom. The number of amides is 1. The van der Waals surface area contributed by atoms with Gasteiger partial charge in [-0.05, 0) is 44.2 Å². The van der Waals surface area contributed by atoms with E-state index >= 15 is 0 Å². The second-order valence-electron chi connectivity index (χ2n) is 5.80. The van der Waals surface area contributed by atoms with Crippen molar-refractivity contribution in [2.75, 3.05) is 0 Å². The third-order valence-electron chi connectivity index (χ3n) is 3.81. The molecular weight excluding hydrogens is 252 g/mol. The molecule has 0 aromatic carbocycles. The first-order valence-corrected chi connectivity index (χ1v) is 7.66. The van der Waals surface area contributed by atoms with Crippen LogP contribution in [-0.2, 0) is 0 Å². The lowest BCUT2D eigenvalue weighted by Gasteiger charge is -2.13. The van der Waals surface area contributed by atoms with Gasteiger partial charge in [-0.3, -0.25) is 9.59 Å². The van der Waals surface area contributed by atoms with Gasteiger partial charge in [0.05, 0.1) is 0 Å². The predicted molar refractivity (Wildman–Crippen MR) is 80.1 cm³/mol. The number of hydrogen-bond acceptors (Lipinski definition) is 2. The fourth-order valence-corrected chi connectivity index (χ4v) is 2.37. The van der Waals surface area contributed by atoms with Crippen molar-refractivity contribution in [1.82, 2.24) is 10.3 Å². The summed E-state index contributed by atoms with van der Waals surface area (Å²) in [4.78, 5) is 26.8. The van der Waals surface area contributed by atoms with Gasteiger partial charge in [-0.1, -0.05) is 26.2 Å². The number of nitrogens with one attached hydrogen (secondary N) is 2. The Bertz CT molecular complexity index is 517. The quantitative estimate of drug-likeness (QED) is 0.752. The van der Waals surface area contributed by atoms with Crippen molar-refractivity contribution in [3.63, 3.8) is 0 Å². The number of pyridine rings is 1. The normalized spacial score (nSPS) is 15.9. The summed E-state index contributed by atoms with van der Waals surface area (Å²) in [5.41, 5.74) is 0.909. The van der Waals surface area contributed by atoms with Gasteiger partial charge in [0.2, 0.25) is 0 Å². The average Bonchev–Trinajstić information content (AvgIpc) is 3.23. The van der Waals surface area contributed by atoms with Gasteiger partial charge < -0.3 is 10.3 Å². The molecule has 110 valence electrons. The molecule has 1 aliphatic carbocycles. The topological polar surface area (TPSA) is 62.0 Å². The zero-order valence-electron chi connectivity index (χ0n) is 12.4. The highest BCUT2D eigenvalue weighted by Crippen LogP contribution is 2.38. The lowest BCUT2D eigenvalue weighted by atomic mass is 10.1.